The summed E-state index contributed by atoms with van der Waals surface area (Å²) in [6, 6.07) is 14.2. The third-order valence-electron chi connectivity index (χ3n) is 6.24. The number of aromatic amines is 1. The largest absolute Gasteiger partial charge is 0.495 e. The zero-order chi connectivity index (χ0) is 22.5. The summed E-state index contributed by atoms with van der Waals surface area (Å²) in [4.78, 5) is 30.1. The molecule has 0 bridgehead atoms. The molecule has 3 aromatic rings. The van der Waals surface area contributed by atoms with Crippen molar-refractivity contribution in [2.24, 2.45) is 5.92 Å². The molecule has 1 saturated heterocycles. The fourth-order valence-electron chi connectivity index (χ4n) is 4.58. The van der Waals surface area contributed by atoms with Crippen LogP contribution in [-0.4, -0.2) is 42.3 Å². The summed E-state index contributed by atoms with van der Waals surface area (Å²) in [7, 11) is 1.56. The summed E-state index contributed by atoms with van der Waals surface area (Å²) >= 11 is 0. The van der Waals surface area contributed by atoms with Gasteiger partial charge >= 0.3 is 0 Å². The lowest BCUT2D eigenvalue weighted by atomic mass is 9.90. The molecule has 1 amide bonds. The molecule has 2 aromatic carbocycles. The number of H-pyrrole nitrogens is 1. The highest BCUT2D eigenvalue weighted by Crippen LogP contribution is 2.36. The number of amides is 1. The van der Waals surface area contributed by atoms with Gasteiger partial charge in [0.1, 0.15) is 5.75 Å². The van der Waals surface area contributed by atoms with Crippen LogP contribution in [0.3, 0.4) is 0 Å². The molecule has 0 radical (unpaired) electrons. The number of hydrogen-bond acceptors (Lipinski definition) is 3. The molecule has 5 nitrogen and oxygen atoms in total. The van der Waals surface area contributed by atoms with Crippen LogP contribution in [0.15, 0.2) is 67.4 Å². The summed E-state index contributed by atoms with van der Waals surface area (Å²) in [6.45, 7) is 5.14. The molecule has 1 aliphatic heterocycles. The predicted octanol–water partition coefficient (Wildman–Crippen LogP) is 5.04. The van der Waals surface area contributed by atoms with Crippen LogP contribution >= 0.6 is 0 Å². The molecule has 1 fully saturated rings. The molecule has 0 saturated carbocycles. The molecule has 32 heavy (non-hydrogen) atoms. The highest BCUT2D eigenvalue weighted by atomic mass is 16.5. The van der Waals surface area contributed by atoms with E-state index in [0.29, 0.717) is 28.4 Å². The first-order chi connectivity index (χ1) is 15.7. The van der Waals surface area contributed by atoms with Gasteiger partial charge in [0.05, 0.1) is 18.1 Å². The van der Waals surface area contributed by atoms with E-state index in [2.05, 4.69) is 35.8 Å². The second-order valence-corrected chi connectivity index (χ2v) is 8.17. The second kappa shape index (κ2) is 9.69. The minimum absolute atomic E-state index is 0.0329. The molecule has 1 aromatic heterocycles. The number of nitrogens with zero attached hydrogens (tertiary/aromatic N) is 1. The molecule has 0 unspecified atom stereocenters. The van der Waals surface area contributed by atoms with E-state index in [1.54, 1.807) is 31.5 Å². The number of aromatic nitrogens is 1. The smallest absolute Gasteiger partial charge is 0.257 e. The standard InChI is InChI=1S/C27H28N2O3/c1-3-7-21(18-30)23-17-28-24-11-10-22(26(32-2)25(23)24)27(31)29-14-12-20(13-15-29)16-19-8-5-4-6-9-19/h3-11,17-18,20,28H,1,12-16H2,2H3/b21-7-. The van der Waals surface area contributed by atoms with Crippen LogP contribution in [0.2, 0.25) is 0 Å². The molecule has 0 atom stereocenters. The number of benzene rings is 2. The van der Waals surface area contributed by atoms with Gasteiger partial charge in [0.15, 0.2) is 6.29 Å². The number of rotatable bonds is 7. The minimum atomic E-state index is -0.0329. The highest BCUT2D eigenvalue weighted by Gasteiger charge is 2.27. The Hall–Kier alpha value is -3.60. The maximum absolute atomic E-state index is 13.4. The van der Waals surface area contributed by atoms with Crippen molar-refractivity contribution in [1.82, 2.24) is 9.88 Å². The molecule has 4 rings (SSSR count). The lowest BCUT2D eigenvalue weighted by Gasteiger charge is -2.32. The number of nitrogens with one attached hydrogen (secondary N) is 1. The summed E-state index contributed by atoms with van der Waals surface area (Å²) in [5.74, 6) is 1.04. The third kappa shape index (κ3) is 4.24. The number of ether oxygens (including phenoxy) is 1. The van der Waals surface area contributed by atoms with E-state index in [1.807, 2.05) is 17.0 Å². The van der Waals surface area contributed by atoms with Gasteiger partial charge in [-0.25, -0.2) is 0 Å². The number of methoxy groups -OCH3 is 1. The number of hydrogen-bond donors (Lipinski definition) is 1. The molecule has 5 heteroatoms. The van der Waals surface area contributed by atoms with E-state index in [4.69, 9.17) is 4.74 Å². The Morgan fingerprint density at radius 3 is 2.56 bits per heavy atom. The average Bonchev–Trinajstić information content (AvgIpc) is 3.26. The van der Waals surface area contributed by atoms with Crippen LogP contribution in [0.5, 0.6) is 5.75 Å². The van der Waals surface area contributed by atoms with E-state index in [-0.39, 0.29) is 5.91 Å². The third-order valence-corrected chi connectivity index (χ3v) is 6.24. The Balaban J connectivity index is 1.57. The van der Waals surface area contributed by atoms with Crippen molar-refractivity contribution in [2.45, 2.75) is 19.3 Å². The molecule has 1 aliphatic rings. The van der Waals surface area contributed by atoms with Crippen molar-refractivity contribution in [1.29, 1.82) is 0 Å². The Morgan fingerprint density at radius 2 is 1.91 bits per heavy atom. The van der Waals surface area contributed by atoms with Crippen LogP contribution in [0.1, 0.15) is 34.3 Å². The van der Waals surface area contributed by atoms with Gasteiger partial charge in [-0.05, 0) is 42.9 Å². The molecule has 164 valence electrons. The number of piperidine rings is 1. The number of aldehydes is 1. The Bertz CT molecular complexity index is 1150. The van der Waals surface area contributed by atoms with Gasteiger partial charge in [-0.2, -0.15) is 0 Å². The summed E-state index contributed by atoms with van der Waals surface area (Å²) < 4.78 is 5.71. The molecular formula is C27H28N2O3. The van der Waals surface area contributed by atoms with Gasteiger partial charge in [-0.3, -0.25) is 9.59 Å². The topological polar surface area (TPSA) is 62.4 Å². The number of likely N-dealkylation sites (tertiary alicyclic amines) is 1. The van der Waals surface area contributed by atoms with E-state index >= 15 is 0 Å². The van der Waals surface area contributed by atoms with Crippen LogP contribution < -0.4 is 4.74 Å². The second-order valence-electron chi connectivity index (χ2n) is 8.17. The molecule has 1 N–H and O–H groups in total. The van der Waals surface area contributed by atoms with Gasteiger partial charge in [-0.15, -0.1) is 0 Å². The van der Waals surface area contributed by atoms with Gasteiger partial charge < -0.3 is 14.6 Å². The number of carbonyl (C=O) groups is 2. The van der Waals surface area contributed by atoms with Crippen LogP contribution in [0.25, 0.3) is 16.5 Å². The van der Waals surface area contributed by atoms with Gasteiger partial charge in [0.25, 0.3) is 5.91 Å². The Morgan fingerprint density at radius 1 is 1.16 bits per heavy atom. The van der Waals surface area contributed by atoms with E-state index in [0.717, 1.165) is 49.5 Å². The Kier molecular flexibility index (Phi) is 6.55. The number of fused-ring (bicyclic) bond motifs is 1. The van der Waals surface area contributed by atoms with Gasteiger partial charge in [-0.1, -0.05) is 49.1 Å². The SMILES string of the molecule is C=C/C=C(/C=O)c1c[nH]c2ccc(C(=O)N3CCC(Cc4ccccc4)CC3)c(OC)c12. The van der Waals surface area contributed by atoms with Crippen molar-refractivity contribution in [3.05, 3.63) is 84.1 Å². The maximum Gasteiger partial charge on any atom is 0.257 e. The molecular weight excluding hydrogens is 400 g/mol. The quantitative estimate of drug-likeness (QED) is 0.326. The van der Waals surface area contributed by atoms with Crippen LogP contribution in [-0.2, 0) is 11.2 Å². The fourth-order valence-corrected chi connectivity index (χ4v) is 4.58. The average molecular weight is 429 g/mol. The van der Waals surface area contributed by atoms with Crippen molar-refractivity contribution in [3.63, 3.8) is 0 Å². The fraction of sp³-hybridized carbons (Fsp3) is 0.259. The van der Waals surface area contributed by atoms with E-state index < -0.39 is 0 Å². The summed E-state index contributed by atoms with van der Waals surface area (Å²) in [5.41, 5.74) is 3.86. The van der Waals surface area contributed by atoms with Crippen molar-refractivity contribution in [3.8, 4) is 5.75 Å². The summed E-state index contributed by atoms with van der Waals surface area (Å²) in [6.07, 6.45) is 8.80. The molecule has 0 aliphatic carbocycles. The zero-order valence-corrected chi connectivity index (χ0v) is 18.3. The molecule has 2 heterocycles. The van der Waals surface area contributed by atoms with Crippen molar-refractivity contribution >= 4 is 28.7 Å². The number of allylic oxidation sites excluding steroid dienone is 3. The Labute approximate surface area is 188 Å². The highest BCUT2D eigenvalue weighted by molar-refractivity contribution is 6.15. The first-order valence-corrected chi connectivity index (χ1v) is 11.0. The van der Waals surface area contributed by atoms with Gasteiger partial charge in [0.2, 0.25) is 0 Å². The molecule has 0 spiro atoms. The first-order valence-electron chi connectivity index (χ1n) is 11.0. The summed E-state index contributed by atoms with van der Waals surface area (Å²) in [5, 5.41) is 0.734. The van der Waals surface area contributed by atoms with Crippen LogP contribution in [0, 0.1) is 5.92 Å². The monoisotopic (exact) mass is 428 g/mol. The lowest BCUT2D eigenvalue weighted by molar-refractivity contribution is -0.103. The van der Waals surface area contributed by atoms with E-state index in [9.17, 15) is 9.59 Å². The van der Waals surface area contributed by atoms with Crippen molar-refractivity contribution < 1.29 is 14.3 Å². The van der Waals surface area contributed by atoms with Crippen LogP contribution in [0.4, 0.5) is 0 Å². The van der Waals surface area contributed by atoms with E-state index in [1.165, 1.54) is 5.56 Å². The maximum atomic E-state index is 13.4. The van der Waals surface area contributed by atoms with Crippen molar-refractivity contribution in [2.75, 3.05) is 20.2 Å². The van der Waals surface area contributed by atoms with Gasteiger partial charge in [0, 0.05) is 35.9 Å². The normalized spacial score (nSPS) is 15.0. The minimum Gasteiger partial charge on any atom is -0.495 e. The predicted molar refractivity (Wildman–Crippen MR) is 128 cm³/mol. The first kappa shape index (κ1) is 21.6. The lowest BCUT2D eigenvalue weighted by Crippen LogP contribution is -2.39. The zero-order valence-electron chi connectivity index (χ0n) is 18.3. The number of carbonyl (C=O) groups excluding carboxylic acids is 2.